The molecular formula is C14H19ClF3NO2. The summed E-state index contributed by atoms with van der Waals surface area (Å²) in [7, 11) is 0. The SMILES string of the molecule is CCCC(NC(C)c1ccc(C(F)(F)F)cc1)C(=O)O.Cl. The second-order valence-corrected chi connectivity index (χ2v) is 4.69. The number of halogens is 4. The molecule has 0 aliphatic heterocycles. The van der Waals surface area contributed by atoms with Gasteiger partial charge in [-0.25, -0.2) is 0 Å². The van der Waals surface area contributed by atoms with Crippen molar-refractivity contribution in [1.82, 2.24) is 5.32 Å². The minimum atomic E-state index is -4.36. The number of nitrogens with one attached hydrogen (secondary N) is 1. The quantitative estimate of drug-likeness (QED) is 0.830. The molecule has 0 bridgehead atoms. The summed E-state index contributed by atoms with van der Waals surface area (Å²) >= 11 is 0. The monoisotopic (exact) mass is 325 g/mol. The van der Waals surface area contributed by atoms with Crippen molar-refractivity contribution in [3.63, 3.8) is 0 Å². The van der Waals surface area contributed by atoms with E-state index in [0.717, 1.165) is 12.1 Å². The zero-order valence-corrected chi connectivity index (χ0v) is 12.6. The summed E-state index contributed by atoms with van der Waals surface area (Å²) in [4.78, 5) is 11.0. The predicted molar refractivity (Wildman–Crippen MR) is 76.6 cm³/mol. The highest BCUT2D eigenvalue weighted by atomic mass is 35.5. The van der Waals surface area contributed by atoms with E-state index in [1.54, 1.807) is 6.92 Å². The average Bonchev–Trinajstić information content (AvgIpc) is 2.37. The van der Waals surface area contributed by atoms with Gasteiger partial charge in [-0.15, -0.1) is 12.4 Å². The summed E-state index contributed by atoms with van der Waals surface area (Å²) in [5.74, 6) is -0.953. The third-order valence-corrected chi connectivity index (χ3v) is 3.06. The van der Waals surface area contributed by atoms with Gasteiger partial charge in [0.2, 0.25) is 0 Å². The molecule has 21 heavy (non-hydrogen) atoms. The number of alkyl halides is 3. The lowest BCUT2D eigenvalue weighted by molar-refractivity contribution is -0.140. The number of carboxylic acids is 1. The first-order chi connectivity index (χ1) is 9.25. The molecule has 2 atom stereocenters. The van der Waals surface area contributed by atoms with Gasteiger partial charge in [0.1, 0.15) is 6.04 Å². The lowest BCUT2D eigenvalue weighted by Crippen LogP contribution is -2.38. The van der Waals surface area contributed by atoms with Crippen molar-refractivity contribution in [2.75, 3.05) is 0 Å². The summed E-state index contributed by atoms with van der Waals surface area (Å²) in [6, 6.07) is 3.71. The maximum atomic E-state index is 12.4. The Morgan fingerprint density at radius 1 is 1.29 bits per heavy atom. The smallest absolute Gasteiger partial charge is 0.416 e. The molecule has 2 N–H and O–H groups in total. The van der Waals surface area contributed by atoms with Gasteiger partial charge < -0.3 is 5.11 Å². The highest BCUT2D eigenvalue weighted by molar-refractivity contribution is 5.85. The Bertz CT molecular complexity index is 449. The molecule has 120 valence electrons. The lowest BCUT2D eigenvalue weighted by atomic mass is 10.0. The molecule has 0 fully saturated rings. The topological polar surface area (TPSA) is 49.3 Å². The largest absolute Gasteiger partial charge is 0.480 e. The van der Waals surface area contributed by atoms with Crippen molar-refractivity contribution in [2.45, 2.75) is 44.9 Å². The molecule has 1 aromatic rings. The predicted octanol–water partition coefficient (Wildman–Crippen LogP) is 4.03. The Hall–Kier alpha value is -1.27. The van der Waals surface area contributed by atoms with Crippen molar-refractivity contribution in [2.24, 2.45) is 0 Å². The highest BCUT2D eigenvalue weighted by Gasteiger charge is 2.30. The van der Waals surface area contributed by atoms with Gasteiger partial charge >= 0.3 is 12.1 Å². The number of rotatable bonds is 6. The number of aliphatic carboxylic acids is 1. The fourth-order valence-electron chi connectivity index (χ4n) is 1.93. The second kappa shape index (κ2) is 8.24. The van der Waals surface area contributed by atoms with Crippen LogP contribution in [-0.2, 0) is 11.0 Å². The van der Waals surface area contributed by atoms with Crippen LogP contribution in [0.25, 0.3) is 0 Å². The lowest BCUT2D eigenvalue weighted by Gasteiger charge is -2.20. The van der Waals surface area contributed by atoms with Crippen molar-refractivity contribution in [1.29, 1.82) is 0 Å². The van der Waals surface area contributed by atoms with Crippen LogP contribution in [0.5, 0.6) is 0 Å². The number of carbonyl (C=O) groups is 1. The van der Waals surface area contributed by atoms with Crippen LogP contribution in [0.15, 0.2) is 24.3 Å². The summed E-state index contributed by atoms with van der Waals surface area (Å²) in [6.07, 6.45) is -3.18. The first-order valence-corrected chi connectivity index (χ1v) is 6.41. The molecule has 0 aromatic heterocycles. The first kappa shape index (κ1) is 19.7. The van der Waals surface area contributed by atoms with Crippen LogP contribution in [0.3, 0.4) is 0 Å². The molecule has 0 spiro atoms. The normalized spacial score (nSPS) is 14.1. The molecule has 0 aliphatic rings. The van der Waals surface area contributed by atoms with Gasteiger partial charge in [0.15, 0.2) is 0 Å². The molecular weight excluding hydrogens is 307 g/mol. The van der Waals surface area contributed by atoms with Crippen molar-refractivity contribution >= 4 is 18.4 Å². The molecule has 0 radical (unpaired) electrons. The van der Waals surface area contributed by atoms with Crippen molar-refractivity contribution in [3.05, 3.63) is 35.4 Å². The van der Waals surface area contributed by atoms with E-state index in [2.05, 4.69) is 5.32 Å². The summed E-state index contributed by atoms with van der Waals surface area (Å²) in [5, 5.41) is 12.0. The molecule has 1 rings (SSSR count). The molecule has 1 aromatic carbocycles. The molecule has 0 saturated carbocycles. The van der Waals surface area contributed by atoms with Gasteiger partial charge in [0.05, 0.1) is 5.56 Å². The minimum absolute atomic E-state index is 0. The van der Waals surface area contributed by atoms with E-state index >= 15 is 0 Å². The van der Waals surface area contributed by atoms with Gasteiger partial charge in [0.25, 0.3) is 0 Å². The van der Waals surface area contributed by atoms with E-state index < -0.39 is 23.8 Å². The van der Waals surface area contributed by atoms with Gasteiger partial charge in [-0.3, -0.25) is 10.1 Å². The molecule has 0 aliphatic carbocycles. The van der Waals surface area contributed by atoms with E-state index in [0.29, 0.717) is 18.4 Å². The summed E-state index contributed by atoms with van der Waals surface area (Å²) < 4.78 is 37.3. The van der Waals surface area contributed by atoms with Gasteiger partial charge in [-0.05, 0) is 31.0 Å². The van der Waals surface area contributed by atoms with E-state index in [9.17, 15) is 18.0 Å². The minimum Gasteiger partial charge on any atom is -0.480 e. The Labute approximate surface area is 128 Å². The Kier molecular flexibility index (Phi) is 7.74. The molecule has 0 saturated heterocycles. The van der Waals surface area contributed by atoms with Gasteiger partial charge in [-0.2, -0.15) is 13.2 Å². The Morgan fingerprint density at radius 2 is 1.81 bits per heavy atom. The third-order valence-electron chi connectivity index (χ3n) is 3.06. The van der Waals surface area contributed by atoms with Crippen LogP contribution in [0.2, 0.25) is 0 Å². The zero-order chi connectivity index (χ0) is 15.3. The fourth-order valence-corrected chi connectivity index (χ4v) is 1.93. The van der Waals surface area contributed by atoms with Crippen molar-refractivity contribution in [3.8, 4) is 0 Å². The highest BCUT2D eigenvalue weighted by Crippen LogP contribution is 2.29. The Morgan fingerprint density at radius 3 is 2.19 bits per heavy atom. The van der Waals surface area contributed by atoms with E-state index in [4.69, 9.17) is 5.11 Å². The van der Waals surface area contributed by atoms with Crippen LogP contribution in [0.1, 0.15) is 43.9 Å². The number of benzene rings is 1. The maximum absolute atomic E-state index is 12.4. The number of hydrogen-bond acceptors (Lipinski definition) is 2. The van der Waals surface area contributed by atoms with E-state index in [1.807, 2.05) is 6.92 Å². The van der Waals surface area contributed by atoms with Crippen molar-refractivity contribution < 1.29 is 23.1 Å². The average molecular weight is 326 g/mol. The maximum Gasteiger partial charge on any atom is 0.416 e. The fraction of sp³-hybridized carbons (Fsp3) is 0.500. The molecule has 2 unspecified atom stereocenters. The first-order valence-electron chi connectivity index (χ1n) is 6.41. The molecule has 0 heterocycles. The zero-order valence-electron chi connectivity index (χ0n) is 11.8. The molecule has 3 nitrogen and oxygen atoms in total. The van der Waals surface area contributed by atoms with Crippen LogP contribution in [0.4, 0.5) is 13.2 Å². The molecule has 7 heteroatoms. The van der Waals surface area contributed by atoms with Crippen LogP contribution < -0.4 is 5.32 Å². The van der Waals surface area contributed by atoms with E-state index in [-0.39, 0.29) is 18.4 Å². The summed E-state index contributed by atoms with van der Waals surface area (Å²) in [6.45, 7) is 3.61. The third kappa shape index (κ3) is 5.93. The standard InChI is InChI=1S/C14H18F3NO2.ClH/c1-3-4-12(13(19)20)18-9(2)10-5-7-11(8-6-10)14(15,16)17;/h5-9,12,18H,3-4H2,1-2H3,(H,19,20);1H. The van der Waals surface area contributed by atoms with Gasteiger partial charge in [0, 0.05) is 6.04 Å². The molecule has 0 amide bonds. The second-order valence-electron chi connectivity index (χ2n) is 4.69. The van der Waals surface area contributed by atoms with Crippen LogP contribution >= 0.6 is 12.4 Å². The number of hydrogen-bond donors (Lipinski definition) is 2. The summed E-state index contributed by atoms with van der Waals surface area (Å²) in [5.41, 5.74) is -0.0860. The number of carboxylic acid groups (broad SMARTS) is 1. The van der Waals surface area contributed by atoms with Gasteiger partial charge in [-0.1, -0.05) is 25.5 Å². The van der Waals surface area contributed by atoms with E-state index in [1.165, 1.54) is 12.1 Å². The van der Waals surface area contributed by atoms with Crippen LogP contribution in [0, 0.1) is 0 Å². The Balaban J connectivity index is 0.00000400. The van der Waals surface area contributed by atoms with Crippen LogP contribution in [-0.4, -0.2) is 17.1 Å².